The van der Waals surface area contributed by atoms with Gasteiger partial charge in [0.05, 0.1) is 6.54 Å². The van der Waals surface area contributed by atoms with Crippen LogP contribution in [0.5, 0.6) is 0 Å². The van der Waals surface area contributed by atoms with Crippen molar-refractivity contribution in [2.75, 3.05) is 20.3 Å². The molecular weight excluding hydrogens is 270 g/mol. The van der Waals surface area contributed by atoms with Crippen molar-refractivity contribution < 1.29 is 19.1 Å². The molecule has 21 heavy (non-hydrogen) atoms. The molecule has 0 bridgehead atoms. The zero-order valence-corrected chi connectivity index (χ0v) is 13.7. The Kier molecular flexibility index (Phi) is 6.42. The van der Waals surface area contributed by atoms with E-state index in [-0.39, 0.29) is 18.4 Å². The number of methoxy groups -OCH3 is 1. The van der Waals surface area contributed by atoms with Gasteiger partial charge in [-0.1, -0.05) is 6.92 Å². The number of ether oxygens (including phenoxy) is 1. The predicted octanol–water partition coefficient (Wildman–Crippen LogP) is 2.28. The number of amides is 1. The Bertz CT molecular complexity index is 465. The van der Waals surface area contributed by atoms with Crippen molar-refractivity contribution in [1.82, 2.24) is 5.32 Å². The van der Waals surface area contributed by atoms with Crippen molar-refractivity contribution in [3.05, 3.63) is 23.2 Å². The second kappa shape index (κ2) is 7.61. The molecule has 1 aromatic rings. The number of nitrogens with one attached hydrogen (secondary N) is 1. The second-order valence-corrected chi connectivity index (χ2v) is 5.85. The van der Waals surface area contributed by atoms with E-state index in [1.54, 1.807) is 14.0 Å². The number of carbonyl (C=O) groups is 1. The molecule has 0 saturated carbocycles. The van der Waals surface area contributed by atoms with Gasteiger partial charge in [-0.2, -0.15) is 0 Å². The lowest BCUT2D eigenvalue weighted by Crippen LogP contribution is -2.40. The van der Waals surface area contributed by atoms with Crippen LogP contribution in [-0.4, -0.2) is 31.3 Å². The van der Waals surface area contributed by atoms with E-state index in [1.807, 2.05) is 26.8 Å². The van der Waals surface area contributed by atoms with Crippen LogP contribution in [0.25, 0.3) is 0 Å². The van der Waals surface area contributed by atoms with Crippen LogP contribution in [0.2, 0.25) is 0 Å². The van der Waals surface area contributed by atoms with Gasteiger partial charge < -0.3 is 19.6 Å². The Morgan fingerprint density at radius 3 is 2.71 bits per heavy atom. The van der Waals surface area contributed by atoms with Gasteiger partial charge in [-0.25, -0.2) is 0 Å². The van der Waals surface area contributed by atoms with Crippen LogP contribution in [0.1, 0.15) is 43.8 Å². The van der Waals surface area contributed by atoms with Crippen LogP contribution in [0.3, 0.4) is 0 Å². The second-order valence-electron chi connectivity index (χ2n) is 5.85. The van der Waals surface area contributed by atoms with Crippen LogP contribution in [-0.2, 0) is 15.1 Å². The maximum absolute atomic E-state index is 12.0. The van der Waals surface area contributed by atoms with Crippen LogP contribution >= 0.6 is 0 Å². The van der Waals surface area contributed by atoms with Crippen LogP contribution in [0, 0.1) is 19.8 Å². The van der Waals surface area contributed by atoms with Gasteiger partial charge >= 0.3 is 0 Å². The predicted molar refractivity (Wildman–Crippen MR) is 81.0 cm³/mol. The van der Waals surface area contributed by atoms with Gasteiger partial charge in [0.1, 0.15) is 17.1 Å². The average Bonchev–Trinajstić information content (AvgIpc) is 2.76. The van der Waals surface area contributed by atoms with Gasteiger partial charge in [0.2, 0.25) is 5.91 Å². The number of rotatable bonds is 8. The van der Waals surface area contributed by atoms with Gasteiger partial charge in [0.25, 0.3) is 0 Å². The Morgan fingerprint density at radius 2 is 2.19 bits per heavy atom. The summed E-state index contributed by atoms with van der Waals surface area (Å²) in [4.78, 5) is 12.0. The Hall–Kier alpha value is -1.33. The summed E-state index contributed by atoms with van der Waals surface area (Å²) in [5, 5.41) is 13.3. The largest absolute Gasteiger partial charge is 0.466 e. The molecule has 5 nitrogen and oxygen atoms in total. The topological polar surface area (TPSA) is 71.7 Å². The van der Waals surface area contributed by atoms with Gasteiger partial charge in [0, 0.05) is 25.2 Å². The first-order valence-electron chi connectivity index (χ1n) is 7.34. The molecule has 0 radical (unpaired) electrons. The molecule has 0 aliphatic heterocycles. The summed E-state index contributed by atoms with van der Waals surface area (Å²) >= 11 is 0. The molecule has 2 N–H and O–H groups in total. The molecule has 1 amide bonds. The Balaban J connectivity index is 2.53. The summed E-state index contributed by atoms with van der Waals surface area (Å²) < 4.78 is 10.4. The maximum atomic E-state index is 12.0. The third-order valence-electron chi connectivity index (χ3n) is 3.66. The zero-order chi connectivity index (χ0) is 16.0. The van der Waals surface area contributed by atoms with Crippen molar-refractivity contribution in [3.63, 3.8) is 0 Å². The van der Waals surface area contributed by atoms with Crippen molar-refractivity contribution in [3.8, 4) is 0 Å². The normalized spacial score (nSPS) is 15.5. The smallest absolute Gasteiger partial charge is 0.222 e. The molecule has 1 heterocycles. The minimum atomic E-state index is -1.14. The molecule has 0 aliphatic rings. The first-order valence-corrected chi connectivity index (χ1v) is 7.34. The van der Waals surface area contributed by atoms with Crippen molar-refractivity contribution in [1.29, 1.82) is 0 Å². The van der Waals surface area contributed by atoms with E-state index in [4.69, 9.17) is 9.15 Å². The van der Waals surface area contributed by atoms with E-state index in [1.165, 1.54) is 0 Å². The summed E-state index contributed by atoms with van der Waals surface area (Å²) in [5.41, 5.74) is -0.420. The SMILES string of the molecule is COCCCC(C)C(=O)NCC(C)(O)c1cc(C)oc1C. The highest BCUT2D eigenvalue weighted by atomic mass is 16.5. The minimum absolute atomic E-state index is 0.0516. The first-order chi connectivity index (χ1) is 9.77. The van der Waals surface area contributed by atoms with E-state index in [2.05, 4.69) is 5.32 Å². The summed E-state index contributed by atoms with van der Waals surface area (Å²) in [6.07, 6.45) is 1.62. The summed E-state index contributed by atoms with van der Waals surface area (Å²) in [6, 6.07) is 1.81. The highest BCUT2D eigenvalue weighted by molar-refractivity contribution is 5.78. The molecule has 1 rings (SSSR count). The van der Waals surface area contributed by atoms with E-state index in [0.29, 0.717) is 17.9 Å². The number of carbonyl (C=O) groups excluding carboxylic acids is 1. The van der Waals surface area contributed by atoms with Gasteiger partial charge in [-0.15, -0.1) is 0 Å². The van der Waals surface area contributed by atoms with Crippen molar-refractivity contribution >= 4 is 5.91 Å². The lowest BCUT2D eigenvalue weighted by atomic mass is 9.95. The first kappa shape index (κ1) is 17.7. The Morgan fingerprint density at radius 1 is 1.52 bits per heavy atom. The van der Waals surface area contributed by atoms with Gasteiger partial charge in [-0.05, 0) is 39.7 Å². The van der Waals surface area contributed by atoms with Crippen LogP contribution < -0.4 is 5.32 Å². The number of aryl methyl sites for hydroxylation is 2. The quantitative estimate of drug-likeness (QED) is 0.722. The van der Waals surface area contributed by atoms with Crippen molar-refractivity contribution in [2.45, 2.75) is 46.1 Å². The standard InChI is InChI=1S/C16H27NO4/c1-11(7-6-8-20-5)15(18)17-10-16(4,19)14-9-12(2)21-13(14)3/h9,11,19H,6-8,10H2,1-5H3,(H,17,18). The van der Waals surface area contributed by atoms with Crippen molar-refractivity contribution in [2.24, 2.45) is 5.92 Å². The highest BCUT2D eigenvalue weighted by Crippen LogP contribution is 2.26. The number of furan rings is 1. The molecule has 0 saturated heterocycles. The monoisotopic (exact) mass is 297 g/mol. The molecular formula is C16H27NO4. The molecule has 2 atom stereocenters. The third-order valence-corrected chi connectivity index (χ3v) is 3.66. The molecule has 0 aromatic carbocycles. The van der Waals surface area contributed by atoms with E-state index in [9.17, 15) is 9.90 Å². The molecule has 120 valence electrons. The number of aliphatic hydroxyl groups is 1. The lowest BCUT2D eigenvalue weighted by Gasteiger charge is -2.24. The molecule has 2 unspecified atom stereocenters. The van der Waals surface area contributed by atoms with Crippen LogP contribution in [0.15, 0.2) is 10.5 Å². The number of hydrogen-bond acceptors (Lipinski definition) is 4. The summed E-state index contributed by atoms with van der Waals surface area (Å²) in [7, 11) is 1.65. The maximum Gasteiger partial charge on any atom is 0.222 e. The molecule has 5 heteroatoms. The lowest BCUT2D eigenvalue weighted by molar-refractivity contribution is -0.126. The van der Waals surface area contributed by atoms with Crippen LogP contribution in [0.4, 0.5) is 0 Å². The van der Waals surface area contributed by atoms with Gasteiger partial charge in [-0.3, -0.25) is 4.79 Å². The fourth-order valence-electron chi connectivity index (χ4n) is 2.36. The van der Waals surface area contributed by atoms with E-state index >= 15 is 0 Å². The highest BCUT2D eigenvalue weighted by Gasteiger charge is 2.28. The molecule has 0 aliphatic carbocycles. The molecule has 0 fully saturated rings. The fraction of sp³-hybridized carbons (Fsp3) is 0.688. The summed E-state index contributed by atoms with van der Waals surface area (Å²) in [5.74, 6) is 1.29. The van der Waals surface area contributed by atoms with Gasteiger partial charge in [0.15, 0.2) is 0 Å². The Labute approximate surface area is 126 Å². The zero-order valence-electron chi connectivity index (χ0n) is 13.7. The minimum Gasteiger partial charge on any atom is -0.466 e. The van der Waals surface area contributed by atoms with E-state index < -0.39 is 5.60 Å². The van der Waals surface area contributed by atoms with E-state index in [0.717, 1.165) is 18.6 Å². The average molecular weight is 297 g/mol. The third kappa shape index (κ3) is 5.17. The molecule has 0 spiro atoms. The fourth-order valence-corrected chi connectivity index (χ4v) is 2.36. The summed E-state index contributed by atoms with van der Waals surface area (Å²) in [6.45, 7) is 8.03. The molecule has 1 aromatic heterocycles. The number of hydrogen-bond donors (Lipinski definition) is 2.